The summed E-state index contributed by atoms with van der Waals surface area (Å²) in [6.07, 6.45) is 4.27. The fourth-order valence-electron chi connectivity index (χ4n) is 3.84. The second kappa shape index (κ2) is 9.06. The summed E-state index contributed by atoms with van der Waals surface area (Å²) in [6.45, 7) is 4.39. The molecule has 2 aromatic carbocycles. The van der Waals surface area contributed by atoms with Gasteiger partial charge in [-0.2, -0.15) is 0 Å². The van der Waals surface area contributed by atoms with Crippen molar-refractivity contribution in [2.24, 2.45) is 15.9 Å². The van der Waals surface area contributed by atoms with Crippen molar-refractivity contribution in [1.82, 2.24) is 0 Å². The largest absolute Gasteiger partial charge is 0.325 e. The third kappa shape index (κ3) is 5.03. The van der Waals surface area contributed by atoms with Gasteiger partial charge in [0.25, 0.3) is 0 Å². The molecule has 0 atom stereocenters. The Balaban J connectivity index is 1.50. The maximum Gasteiger partial charge on any atom is 0.234 e. The number of benzene rings is 2. The molecule has 1 heterocycles. The maximum atomic E-state index is 12.5. The molecule has 2 aliphatic rings. The Morgan fingerprint density at radius 3 is 2.43 bits per heavy atom. The lowest BCUT2D eigenvalue weighted by atomic mass is 9.83. The van der Waals surface area contributed by atoms with Crippen molar-refractivity contribution in [3.05, 3.63) is 64.1 Å². The van der Waals surface area contributed by atoms with E-state index in [0.29, 0.717) is 5.75 Å². The Kier molecular flexibility index (Phi) is 6.44. The number of nitrogens with zero attached hydrogens (tertiary/aromatic N) is 2. The summed E-state index contributed by atoms with van der Waals surface area (Å²) in [5, 5.41) is 3.84. The average Bonchev–Trinajstić information content (AvgIpc) is 3.09. The molecule has 156 valence electrons. The van der Waals surface area contributed by atoms with E-state index in [-0.39, 0.29) is 11.6 Å². The highest BCUT2D eigenvalue weighted by Gasteiger charge is 2.39. The molecule has 1 N–H and O–H groups in total. The van der Waals surface area contributed by atoms with Crippen LogP contribution in [0.5, 0.6) is 0 Å². The van der Waals surface area contributed by atoms with Gasteiger partial charge in [0, 0.05) is 15.7 Å². The van der Waals surface area contributed by atoms with Crippen LogP contribution in [-0.2, 0) is 4.79 Å². The molecule has 4 rings (SSSR count). The quantitative estimate of drug-likeness (QED) is 0.559. The van der Waals surface area contributed by atoms with Crippen LogP contribution in [0.15, 0.2) is 63.0 Å². The molecular weight excluding hydrogens is 458 g/mol. The number of thioether (sulfide) groups is 1. The zero-order valence-corrected chi connectivity index (χ0v) is 19.7. The Labute approximate surface area is 190 Å². The zero-order chi connectivity index (χ0) is 21.1. The van der Waals surface area contributed by atoms with Crippen molar-refractivity contribution in [3.8, 4) is 0 Å². The first-order valence-corrected chi connectivity index (χ1v) is 12.2. The van der Waals surface area contributed by atoms with Crippen molar-refractivity contribution >= 4 is 50.0 Å². The number of hydrogen-bond acceptors (Lipinski definition) is 4. The molecule has 1 aliphatic carbocycles. The van der Waals surface area contributed by atoms with E-state index in [1.54, 1.807) is 0 Å². The van der Waals surface area contributed by atoms with E-state index < -0.39 is 0 Å². The third-order valence-corrected chi connectivity index (χ3v) is 7.19. The minimum absolute atomic E-state index is 0.0357. The molecule has 30 heavy (non-hydrogen) atoms. The molecule has 6 heteroatoms. The number of carbonyl (C=O) groups excluding carboxylic acids is 1. The highest BCUT2D eigenvalue weighted by molar-refractivity contribution is 9.10. The molecule has 1 spiro atoms. The number of aryl methyl sites for hydroxylation is 1. The summed E-state index contributed by atoms with van der Waals surface area (Å²) in [7, 11) is 0. The molecule has 0 bridgehead atoms. The zero-order valence-electron chi connectivity index (χ0n) is 17.3. The first kappa shape index (κ1) is 21.3. The highest BCUT2D eigenvalue weighted by atomic mass is 79.9. The van der Waals surface area contributed by atoms with Crippen LogP contribution in [0.1, 0.15) is 43.7 Å². The van der Waals surface area contributed by atoms with Crippen LogP contribution in [0, 0.1) is 12.8 Å². The molecule has 0 aromatic heterocycles. The molecule has 0 saturated heterocycles. The van der Waals surface area contributed by atoms with Gasteiger partial charge in [-0.15, -0.1) is 0 Å². The van der Waals surface area contributed by atoms with Crippen LogP contribution < -0.4 is 5.32 Å². The standard InChI is InChI=1S/C24H26BrN3OS/c1-16-3-5-18(6-4-16)22-23(28-24(27-22)13-11-17(2)12-14-24)30-15-21(29)26-20-9-7-19(25)8-10-20/h3-10,17H,11-15H2,1-2H3,(H,26,29). The Hall–Kier alpha value is -1.92. The van der Waals surface area contributed by atoms with E-state index in [0.717, 1.165) is 58.1 Å². The number of amides is 1. The van der Waals surface area contributed by atoms with Crippen molar-refractivity contribution in [2.75, 3.05) is 11.1 Å². The fraction of sp³-hybridized carbons (Fsp3) is 0.375. The molecular formula is C24H26BrN3OS. The molecule has 1 saturated carbocycles. The first-order chi connectivity index (χ1) is 14.4. The van der Waals surface area contributed by atoms with Gasteiger partial charge in [0.1, 0.15) is 5.04 Å². The Morgan fingerprint density at radius 2 is 1.77 bits per heavy atom. The Morgan fingerprint density at radius 1 is 1.10 bits per heavy atom. The third-order valence-electron chi connectivity index (χ3n) is 5.70. The Bertz CT molecular complexity index is 975. The molecule has 1 aliphatic heterocycles. The van der Waals surface area contributed by atoms with Crippen molar-refractivity contribution < 1.29 is 4.79 Å². The van der Waals surface area contributed by atoms with Gasteiger partial charge in [0.15, 0.2) is 5.66 Å². The normalized spacial score (nSPS) is 23.2. The number of halogens is 1. The van der Waals surface area contributed by atoms with Crippen molar-refractivity contribution in [3.63, 3.8) is 0 Å². The number of nitrogens with one attached hydrogen (secondary N) is 1. The number of aliphatic imine (C=N–C) groups is 2. The predicted molar refractivity (Wildman–Crippen MR) is 131 cm³/mol. The summed E-state index contributed by atoms with van der Waals surface area (Å²) < 4.78 is 0.987. The molecule has 1 fully saturated rings. The topological polar surface area (TPSA) is 53.8 Å². The van der Waals surface area contributed by atoms with Crippen LogP contribution in [0.3, 0.4) is 0 Å². The lowest BCUT2D eigenvalue weighted by molar-refractivity contribution is -0.113. The number of rotatable bonds is 4. The highest BCUT2D eigenvalue weighted by Crippen LogP contribution is 2.40. The maximum absolute atomic E-state index is 12.5. The smallest absolute Gasteiger partial charge is 0.234 e. The van der Waals surface area contributed by atoms with E-state index >= 15 is 0 Å². The number of carbonyl (C=O) groups is 1. The average molecular weight is 484 g/mol. The van der Waals surface area contributed by atoms with Gasteiger partial charge in [-0.25, -0.2) is 4.99 Å². The second-order valence-electron chi connectivity index (χ2n) is 8.25. The van der Waals surface area contributed by atoms with Crippen molar-refractivity contribution in [1.29, 1.82) is 0 Å². The molecule has 1 amide bonds. The van der Waals surface area contributed by atoms with Gasteiger partial charge >= 0.3 is 0 Å². The monoisotopic (exact) mass is 483 g/mol. The van der Waals surface area contributed by atoms with Gasteiger partial charge in [0.2, 0.25) is 5.91 Å². The molecule has 0 unspecified atom stereocenters. The van der Waals surface area contributed by atoms with Crippen LogP contribution >= 0.6 is 27.7 Å². The van der Waals surface area contributed by atoms with Gasteiger partial charge in [-0.05, 0) is 62.8 Å². The van der Waals surface area contributed by atoms with Gasteiger partial charge < -0.3 is 5.32 Å². The predicted octanol–water partition coefficient (Wildman–Crippen LogP) is 6.24. The SMILES string of the molecule is Cc1ccc(C2=NC3(CCC(C)CC3)N=C2SCC(=O)Nc2ccc(Br)cc2)cc1. The number of hydrogen-bond donors (Lipinski definition) is 1. The van der Waals surface area contributed by atoms with E-state index in [1.165, 1.54) is 17.3 Å². The minimum Gasteiger partial charge on any atom is -0.325 e. The second-order valence-corrected chi connectivity index (χ2v) is 10.1. The summed E-state index contributed by atoms with van der Waals surface area (Å²) in [5.74, 6) is 1.01. The van der Waals surface area contributed by atoms with E-state index in [2.05, 4.69) is 59.4 Å². The lowest BCUT2D eigenvalue weighted by Crippen LogP contribution is -2.28. The van der Waals surface area contributed by atoms with Crippen LogP contribution in [0.2, 0.25) is 0 Å². The van der Waals surface area contributed by atoms with E-state index in [9.17, 15) is 4.79 Å². The van der Waals surface area contributed by atoms with Gasteiger partial charge in [-0.1, -0.05) is 64.4 Å². The summed E-state index contributed by atoms with van der Waals surface area (Å²) in [6, 6.07) is 16.0. The van der Waals surface area contributed by atoms with Gasteiger partial charge in [-0.3, -0.25) is 9.79 Å². The summed E-state index contributed by atoms with van der Waals surface area (Å²) >= 11 is 4.90. The molecule has 2 aromatic rings. The number of anilines is 1. The lowest BCUT2D eigenvalue weighted by Gasteiger charge is -2.30. The summed E-state index contributed by atoms with van der Waals surface area (Å²) in [4.78, 5) is 22.7. The van der Waals surface area contributed by atoms with Crippen LogP contribution in [-0.4, -0.2) is 28.1 Å². The fourth-order valence-corrected chi connectivity index (χ4v) is 4.97. The van der Waals surface area contributed by atoms with E-state index in [1.807, 2.05) is 24.3 Å². The van der Waals surface area contributed by atoms with Crippen LogP contribution in [0.25, 0.3) is 0 Å². The summed E-state index contributed by atoms with van der Waals surface area (Å²) in [5.41, 5.74) is 3.69. The minimum atomic E-state index is -0.336. The molecule has 4 nitrogen and oxygen atoms in total. The van der Waals surface area contributed by atoms with Gasteiger partial charge in [0.05, 0.1) is 11.5 Å². The molecule has 0 radical (unpaired) electrons. The van der Waals surface area contributed by atoms with Crippen LogP contribution in [0.4, 0.5) is 5.69 Å². The van der Waals surface area contributed by atoms with E-state index in [4.69, 9.17) is 9.98 Å². The van der Waals surface area contributed by atoms with Crippen molar-refractivity contribution in [2.45, 2.75) is 45.2 Å². The first-order valence-electron chi connectivity index (χ1n) is 10.4.